The fourth-order valence-electron chi connectivity index (χ4n) is 9.04. The molecule has 228 valence electrons. The van der Waals surface area contributed by atoms with Gasteiger partial charge in [-0.25, -0.2) is 4.39 Å². The molecule has 43 heavy (non-hydrogen) atoms. The molecule has 4 saturated heterocycles. The maximum atomic E-state index is 14.4. The second-order valence-corrected chi connectivity index (χ2v) is 14.1. The quantitative estimate of drug-likeness (QED) is 0.509. The van der Waals surface area contributed by atoms with Crippen molar-refractivity contribution in [3.63, 3.8) is 0 Å². The molecule has 2 aromatic rings. The predicted molar refractivity (Wildman–Crippen MR) is 159 cm³/mol. The molecule has 6 heterocycles. The van der Waals surface area contributed by atoms with Gasteiger partial charge < -0.3 is 24.8 Å². The molecule has 0 saturated carbocycles. The Morgan fingerprint density at radius 3 is 2.88 bits per heavy atom. The van der Waals surface area contributed by atoms with Gasteiger partial charge in [0.2, 0.25) is 0 Å². The van der Waals surface area contributed by atoms with Gasteiger partial charge in [0.15, 0.2) is 0 Å². The third kappa shape index (κ3) is 4.33. The number of ether oxygens (including phenoxy) is 3. The van der Waals surface area contributed by atoms with Crippen molar-refractivity contribution in [2.24, 2.45) is 5.41 Å². The van der Waals surface area contributed by atoms with Crippen LogP contribution in [0.25, 0.3) is 0 Å². The number of hydrogen-bond donors (Lipinski definition) is 1. The Morgan fingerprint density at radius 1 is 1.21 bits per heavy atom. The van der Waals surface area contributed by atoms with Gasteiger partial charge in [-0.15, -0.1) is 0 Å². The Bertz CT molecular complexity index is 1490. The first-order valence-corrected chi connectivity index (χ1v) is 16.0. The summed E-state index contributed by atoms with van der Waals surface area (Å²) in [6, 6.07) is 6.69. The topological polar surface area (TPSA) is 110 Å². The Balaban J connectivity index is 1.13. The smallest absolute Gasteiger partial charge is 0.318 e. The molecule has 1 aromatic carbocycles. The zero-order valence-electron chi connectivity index (χ0n) is 25.0. The lowest BCUT2D eigenvalue weighted by Gasteiger charge is -2.45. The van der Waals surface area contributed by atoms with Crippen LogP contribution >= 0.6 is 0 Å². The summed E-state index contributed by atoms with van der Waals surface area (Å²) in [6.45, 7) is 7.93. The maximum Gasteiger partial charge on any atom is 0.318 e. The van der Waals surface area contributed by atoms with Gasteiger partial charge in [-0.2, -0.15) is 15.2 Å². The molecule has 0 amide bonds. The number of nitriles is 1. The minimum absolute atomic E-state index is 0.101. The summed E-state index contributed by atoms with van der Waals surface area (Å²) in [5, 5.41) is 10.2. The van der Waals surface area contributed by atoms with Crippen LogP contribution in [0.4, 0.5) is 15.9 Å². The van der Waals surface area contributed by atoms with Crippen molar-refractivity contribution < 1.29 is 18.6 Å². The van der Waals surface area contributed by atoms with Crippen LogP contribution < -0.4 is 15.4 Å². The van der Waals surface area contributed by atoms with Crippen LogP contribution in [-0.4, -0.2) is 72.6 Å². The van der Waals surface area contributed by atoms with E-state index in [0.717, 1.165) is 99.6 Å². The Kier molecular flexibility index (Phi) is 6.41. The lowest BCUT2D eigenvalue weighted by Crippen LogP contribution is -2.45. The van der Waals surface area contributed by atoms with Gasteiger partial charge >= 0.3 is 6.01 Å². The molecule has 2 N–H and O–H groups in total. The van der Waals surface area contributed by atoms with E-state index in [-0.39, 0.29) is 11.0 Å². The van der Waals surface area contributed by atoms with Crippen molar-refractivity contribution in [1.29, 1.82) is 5.26 Å². The molecule has 1 unspecified atom stereocenters. The molecular weight excluding hydrogens is 547 g/mol. The highest BCUT2D eigenvalue weighted by Crippen LogP contribution is 2.51. The van der Waals surface area contributed by atoms with E-state index < -0.39 is 11.8 Å². The highest BCUT2D eigenvalue weighted by molar-refractivity contribution is 5.64. The van der Waals surface area contributed by atoms with E-state index in [9.17, 15) is 9.65 Å². The zero-order valence-corrected chi connectivity index (χ0v) is 25.0. The van der Waals surface area contributed by atoms with E-state index in [4.69, 9.17) is 29.9 Å². The van der Waals surface area contributed by atoms with Crippen molar-refractivity contribution in [3.8, 4) is 12.1 Å². The number of nitrogen functional groups attached to an aromatic ring is 1. The van der Waals surface area contributed by atoms with Gasteiger partial charge in [-0.05, 0) is 62.6 Å². The molecule has 0 radical (unpaired) electrons. The average Bonchev–Trinajstić information content (AvgIpc) is 3.67. The van der Waals surface area contributed by atoms with Gasteiger partial charge in [0.05, 0.1) is 37.7 Å². The van der Waals surface area contributed by atoms with E-state index in [1.54, 1.807) is 0 Å². The summed E-state index contributed by atoms with van der Waals surface area (Å²) < 4.78 is 33.1. The van der Waals surface area contributed by atoms with E-state index in [2.05, 4.69) is 28.9 Å². The Hall–Kier alpha value is -3.00. The number of hydrogen-bond acceptors (Lipinski definition) is 9. The second kappa shape index (κ2) is 10.0. The van der Waals surface area contributed by atoms with E-state index in [0.29, 0.717) is 55.8 Å². The summed E-state index contributed by atoms with van der Waals surface area (Å²) in [5.41, 5.74) is 10.8. The highest BCUT2D eigenvalue weighted by atomic mass is 19.1. The number of halogens is 1. The van der Waals surface area contributed by atoms with Crippen molar-refractivity contribution in [2.45, 2.75) is 88.1 Å². The normalized spacial score (nSPS) is 32.3. The van der Waals surface area contributed by atoms with Crippen molar-refractivity contribution >= 4 is 11.5 Å². The van der Waals surface area contributed by atoms with Crippen LogP contribution in [0, 0.1) is 16.7 Å². The number of rotatable bonds is 5. The molecule has 4 fully saturated rings. The fourth-order valence-corrected chi connectivity index (χ4v) is 9.04. The Morgan fingerprint density at radius 2 is 2.09 bits per heavy atom. The monoisotopic (exact) mass is 588 g/mol. The molecular formula is C33H41FN6O3. The maximum absolute atomic E-state index is 14.4. The number of nitrogens with zero attached hydrogens (tertiary/aromatic N) is 5. The van der Waals surface area contributed by atoms with Crippen molar-refractivity contribution in [2.75, 3.05) is 56.6 Å². The summed E-state index contributed by atoms with van der Waals surface area (Å²) in [6.07, 6.45) is 6.11. The van der Waals surface area contributed by atoms with Crippen molar-refractivity contribution in [1.82, 2.24) is 14.9 Å². The number of benzene rings is 1. The van der Waals surface area contributed by atoms with Gasteiger partial charge in [0, 0.05) is 60.2 Å². The molecule has 5 aliphatic heterocycles. The first-order chi connectivity index (χ1) is 20.8. The zero-order chi connectivity index (χ0) is 29.4. The van der Waals surface area contributed by atoms with Crippen LogP contribution in [0.1, 0.15) is 85.7 Å². The number of fused-ring (bicyclic) bond motifs is 4. The molecule has 6 aliphatic rings. The first-order valence-electron chi connectivity index (χ1n) is 16.0. The minimum Gasteiger partial charge on any atom is -0.463 e. The lowest BCUT2D eigenvalue weighted by atomic mass is 9.69. The van der Waals surface area contributed by atoms with Crippen LogP contribution in [0.15, 0.2) is 12.1 Å². The molecule has 4 atom stereocenters. The standard InChI is InChI=1S/C33H41FN6O3/c1-21-5-7-33(28-23(21)3-4-26(36)24(28)15-35)14-27-25(17-43-33)29(39-11-8-31(18-39)19-41-20-31)38-30(37-27)42-12-9-32-6-2-10-40(32)16-22(34)13-32/h3-4,21-22H,2,5-14,16-20,36H2,1H3/t21-,22+,32?,33-/m0/s1. The summed E-state index contributed by atoms with van der Waals surface area (Å²) >= 11 is 0. The third-order valence-electron chi connectivity index (χ3n) is 11.5. The lowest BCUT2D eigenvalue weighted by molar-refractivity contribution is -0.0986. The molecule has 1 aromatic heterocycles. The first kappa shape index (κ1) is 27.5. The largest absolute Gasteiger partial charge is 0.463 e. The van der Waals surface area contributed by atoms with Crippen LogP contribution in [-0.2, 0) is 28.1 Å². The minimum atomic E-state index is -0.755. The molecule has 9 nitrogen and oxygen atoms in total. The molecule has 2 spiro atoms. The Labute approximate surface area is 252 Å². The summed E-state index contributed by atoms with van der Waals surface area (Å²) in [5.74, 6) is 1.21. The van der Waals surface area contributed by atoms with Crippen molar-refractivity contribution in [3.05, 3.63) is 40.1 Å². The number of anilines is 2. The van der Waals surface area contributed by atoms with Gasteiger partial charge in [-0.1, -0.05) is 13.0 Å². The van der Waals surface area contributed by atoms with Gasteiger partial charge in [0.1, 0.15) is 23.7 Å². The van der Waals surface area contributed by atoms with Crippen LogP contribution in [0.5, 0.6) is 6.01 Å². The SMILES string of the molecule is C[C@H]1CC[C@]2(Cc3nc(OCCC45CCCN4C[C@H](F)C5)nc(N4CCC5(COC5)C4)c3CO2)c2c1ccc(N)c2C#N. The molecule has 0 bridgehead atoms. The van der Waals surface area contributed by atoms with Crippen LogP contribution in [0.2, 0.25) is 0 Å². The summed E-state index contributed by atoms with van der Waals surface area (Å²) in [7, 11) is 0. The second-order valence-electron chi connectivity index (χ2n) is 14.1. The fraction of sp³-hybridized carbons (Fsp3) is 0.667. The van der Waals surface area contributed by atoms with E-state index in [1.807, 2.05) is 6.07 Å². The molecule has 10 heteroatoms. The molecule has 8 rings (SSSR count). The van der Waals surface area contributed by atoms with Gasteiger partial charge in [-0.3, -0.25) is 4.90 Å². The number of nitrogens with two attached hydrogens (primary N) is 1. The van der Waals surface area contributed by atoms with E-state index >= 15 is 0 Å². The highest BCUT2D eigenvalue weighted by Gasteiger charge is 2.50. The third-order valence-corrected chi connectivity index (χ3v) is 11.5. The summed E-state index contributed by atoms with van der Waals surface area (Å²) in [4.78, 5) is 14.7. The van der Waals surface area contributed by atoms with Gasteiger partial charge in [0.25, 0.3) is 0 Å². The average molecular weight is 589 g/mol. The predicted octanol–water partition coefficient (Wildman–Crippen LogP) is 4.37. The van der Waals surface area contributed by atoms with Crippen LogP contribution in [0.3, 0.4) is 0 Å². The molecule has 1 aliphatic carbocycles. The number of alkyl halides is 1. The van der Waals surface area contributed by atoms with E-state index in [1.165, 1.54) is 0 Å². The number of aromatic nitrogens is 2.